The van der Waals surface area contributed by atoms with Crippen molar-refractivity contribution < 1.29 is 14.3 Å². The van der Waals surface area contributed by atoms with Crippen LogP contribution in [0, 0.1) is 5.92 Å². The molecule has 2 N–H and O–H groups in total. The zero-order valence-electron chi connectivity index (χ0n) is 14.0. The van der Waals surface area contributed by atoms with Crippen LogP contribution in [0.3, 0.4) is 0 Å². The smallest absolute Gasteiger partial charge is 0.315 e. The quantitative estimate of drug-likeness (QED) is 0.761. The largest absolute Gasteiger partial charge is 0.379 e. The molecule has 2 saturated heterocycles. The highest BCUT2D eigenvalue weighted by Gasteiger charge is 2.41. The molecule has 0 unspecified atom stereocenters. The van der Waals surface area contributed by atoms with Crippen molar-refractivity contribution in [2.45, 2.75) is 32.4 Å². The molecule has 0 bridgehead atoms. The van der Waals surface area contributed by atoms with Crippen LogP contribution in [0.15, 0.2) is 0 Å². The molecule has 2 heterocycles. The Morgan fingerprint density at radius 3 is 2.41 bits per heavy atom. The summed E-state index contributed by atoms with van der Waals surface area (Å²) in [5.41, 5.74) is -0.903. The fraction of sp³-hybridized carbons (Fsp3) is 0.867. The summed E-state index contributed by atoms with van der Waals surface area (Å²) in [6.07, 6.45) is 0. The van der Waals surface area contributed by atoms with Crippen molar-refractivity contribution >= 4 is 11.9 Å². The minimum atomic E-state index is -0.903. The Labute approximate surface area is 132 Å². The number of urea groups is 1. The Morgan fingerprint density at radius 1 is 1.18 bits per heavy atom. The molecule has 2 rings (SSSR count). The van der Waals surface area contributed by atoms with Gasteiger partial charge in [-0.25, -0.2) is 4.79 Å². The van der Waals surface area contributed by atoms with Gasteiger partial charge < -0.3 is 20.3 Å². The topological polar surface area (TPSA) is 73.9 Å². The fourth-order valence-electron chi connectivity index (χ4n) is 3.29. The zero-order valence-corrected chi connectivity index (χ0v) is 14.0. The van der Waals surface area contributed by atoms with E-state index in [2.05, 4.69) is 22.5 Å². The van der Waals surface area contributed by atoms with Crippen molar-refractivity contribution in [1.82, 2.24) is 20.4 Å². The highest BCUT2D eigenvalue weighted by molar-refractivity contribution is 5.90. The van der Waals surface area contributed by atoms with E-state index < -0.39 is 5.54 Å². The SMILES string of the molecule is CNC(=O)NC(C)(C)C(=O)N1C[C@@H](C)[C@H](N2CCOCC2)C1. The lowest BCUT2D eigenvalue weighted by atomic mass is 10.0. The normalized spacial score (nSPS) is 26.8. The summed E-state index contributed by atoms with van der Waals surface area (Å²) in [4.78, 5) is 28.5. The summed E-state index contributed by atoms with van der Waals surface area (Å²) < 4.78 is 5.40. The van der Waals surface area contributed by atoms with E-state index in [9.17, 15) is 9.59 Å². The Kier molecular flexibility index (Phi) is 5.28. The van der Waals surface area contributed by atoms with Crippen LogP contribution in [0.25, 0.3) is 0 Å². The van der Waals surface area contributed by atoms with Crippen LogP contribution in [0.5, 0.6) is 0 Å². The first-order valence-electron chi connectivity index (χ1n) is 7.96. The van der Waals surface area contributed by atoms with Gasteiger partial charge in [0.15, 0.2) is 0 Å². The molecule has 3 amide bonds. The lowest BCUT2D eigenvalue weighted by molar-refractivity contribution is -0.136. The van der Waals surface area contributed by atoms with E-state index in [0.29, 0.717) is 12.0 Å². The van der Waals surface area contributed by atoms with Gasteiger partial charge in [0.25, 0.3) is 0 Å². The molecule has 0 spiro atoms. The minimum Gasteiger partial charge on any atom is -0.379 e. The number of nitrogens with zero attached hydrogens (tertiary/aromatic N) is 2. The number of morpholine rings is 1. The van der Waals surface area contributed by atoms with Crippen molar-refractivity contribution in [3.05, 3.63) is 0 Å². The predicted molar refractivity (Wildman–Crippen MR) is 83.6 cm³/mol. The Hall–Kier alpha value is -1.34. The van der Waals surface area contributed by atoms with Crippen LogP contribution in [-0.4, -0.2) is 79.8 Å². The third kappa shape index (κ3) is 3.70. The number of amides is 3. The number of hydrogen-bond acceptors (Lipinski definition) is 4. The maximum atomic E-state index is 12.7. The summed E-state index contributed by atoms with van der Waals surface area (Å²) in [7, 11) is 1.54. The summed E-state index contributed by atoms with van der Waals surface area (Å²) in [5, 5.41) is 5.21. The van der Waals surface area contributed by atoms with Crippen LogP contribution in [0.1, 0.15) is 20.8 Å². The van der Waals surface area contributed by atoms with Crippen molar-refractivity contribution in [1.29, 1.82) is 0 Å². The van der Waals surface area contributed by atoms with E-state index in [1.54, 1.807) is 20.9 Å². The molecular formula is C15H28N4O3. The second-order valence-corrected chi connectivity index (χ2v) is 6.73. The molecule has 0 saturated carbocycles. The third-order valence-corrected chi connectivity index (χ3v) is 4.56. The van der Waals surface area contributed by atoms with E-state index in [1.165, 1.54) is 0 Å². The van der Waals surface area contributed by atoms with Gasteiger partial charge in [-0.15, -0.1) is 0 Å². The molecule has 2 atom stereocenters. The van der Waals surface area contributed by atoms with Gasteiger partial charge in [0.1, 0.15) is 5.54 Å². The van der Waals surface area contributed by atoms with E-state index in [4.69, 9.17) is 4.74 Å². The van der Waals surface area contributed by atoms with Crippen LogP contribution in [-0.2, 0) is 9.53 Å². The van der Waals surface area contributed by atoms with Gasteiger partial charge in [0.05, 0.1) is 13.2 Å². The molecule has 0 aromatic rings. The van der Waals surface area contributed by atoms with Gasteiger partial charge in [0, 0.05) is 39.3 Å². The second-order valence-electron chi connectivity index (χ2n) is 6.73. The molecule has 0 radical (unpaired) electrons. The summed E-state index contributed by atoms with van der Waals surface area (Å²) in [6, 6.07) is 0.0407. The van der Waals surface area contributed by atoms with E-state index >= 15 is 0 Å². The van der Waals surface area contributed by atoms with Gasteiger partial charge in [-0.05, 0) is 19.8 Å². The zero-order chi connectivity index (χ0) is 16.3. The Bertz CT molecular complexity index is 421. The highest BCUT2D eigenvalue weighted by Crippen LogP contribution is 2.24. The van der Waals surface area contributed by atoms with Gasteiger partial charge in [0.2, 0.25) is 5.91 Å². The second kappa shape index (κ2) is 6.83. The molecule has 7 nitrogen and oxygen atoms in total. The van der Waals surface area contributed by atoms with E-state index in [0.717, 1.165) is 39.4 Å². The first kappa shape index (κ1) is 17.0. The molecule has 7 heteroatoms. The molecule has 0 aromatic heterocycles. The number of carbonyl (C=O) groups excluding carboxylic acids is 2. The predicted octanol–water partition coefficient (Wildman–Crippen LogP) is -0.127. The van der Waals surface area contributed by atoms with Crippen LogP contribution < -0.4 is 10.6 Å². The van der Waals surface area contributed by atoms with Gasteiger partial charge in [-0.2, -0.15) is 0 Å². The highest BCUT2D eigenvalue weighted by atomic mass is 16.5. The summed E-state index contributed by atoms with van der Waals surface area (Å²) >= 11 is 0. The molecule has 2 aliphatic heterocycles. The average Bonchev–Trinajstić information content (AvgIpc) is 2.88. The summed E-state index contributed by atoms with van der Waals surface area (Å²) in [6.45, 7) is 10.5. The number of hydrogen-bond donors (Lipinski definition) is 2. The first-order chi connectivity index (χ1) is 10.3. The summed E-state index contributed by atoms with van der Waals surface area (Å²) in [5.74, 6) is 0.400. The van der Waals surface area contributed by atoms with E-state index in [-0.39, 0.29) is 11.9 Å². The van der Waals surface area contributed by atoms with Crippen molar-refractivity contribution in [2.24, 2.45) is 5.92 Å². The lowest BCUT2D eigenvalue weighted by Gasteiger charge is -2.34. The maximum Gasteiger partial charge on any atom is 0.315 e. The third-order valence-electron chi connectivity index (χ3n) is 4.56. The van der Waals surface area contributed by atoms with Crippen molar-refractivity contribution in [3.63, 3.8) is 0 Å². The Balaban J connectivity index is 1.98. The van der Waals surface area contributed by atoms with Crippen LogP contribution in [0.4, 0.5) is 4.79 Å². The minimum absolute atomic E-state index is 0.0290. The molecule has 2 fully saturated rings. The average molecular weight is 312 g/mol. The van der Waals surface area contributed by atoms with Crippen molar-refractivity contribution in [2.75, 3.05) is 46.4 Å². The maximum absolute atomic E-state index is 12.7. The standard InChI is InChI=1S/C15H28N4O3/c1-11-9-19(10-12(11)18-5-7-22-8-6-18)13(20)15(2,3)17-14(21)16-4/h11-12H,5-10H2,1-4H3,(H2,16,17,21)/t11-,12-/m1/s1. The number of rotatable bonds is 3. The van der Waals surface area contributed by atoms with Crippen LogP contribution >= 0.6 is 0 Å². The van der Waals surface area contributed by atoms with Gasteiger partial charge in [-0.3, -0.25) is 9.69 Å². The molecule has 2 aliphatic rings. The molecule has 0 aliphatic carbocycles. The van der Waals surface area contributed by atoms with Crippen LogP contribution in [0.2, 0.25) is 0 Å². The van der Waals surface area contributed by atoms with E-state index in [1.807, 2.05) is 4.90 Å². The number of ether oxygens (including phenoxy) is 1. The Morgan fingerprint density at radius 2 is 1.82 bits per heavy atom. The van der Waals surface area contributed by atoms with Gasteiger partial charge >= 0.3 is 6.03 Å². The first-order valence-corrected chi connectivity index (χ1v) is 7.96. The fourth-order valence-corrected chi connectivity index (χ4v) is 3.29. The van der Waals surface area contributed by atoms with Gasteiger partial charge in [-0.1, -0.05) is 6.92 Å². The van der Waals surface area contributed by atoms with Crippen molar-refractivity contribution in [3.8, 4) is 0 Å². The number of carbonyl (C=O) groups is 2. The molecule has 126 valence electrons. The molecule has 0 aromatic carbocycles. The lowest BCUT2D eigenvalue weighted by Crippen LogP contribution is -2.57. The molecular weight excluding hydrogens is 284 g/mol. The number of nitrogens with one attached hydrogen (secondary N) is 2. The number of likely N-dealkylation sites (tertiary alicyclic amines) is 1. The molecule has 22 heavy (non-hydrogen) atoms. The monoisotopic (exact) mass is 312 g/mol.